The van der Waals surface area contributed by atoms with E-state index in [2.05, 4.69) is 36.6 Å². The Bertz CT molecular complexity index is 939. The van der Waals surface area contributed by atoms with Crippen LogP contribution in [0.15, 0.2) is 78.9 Å². The highest BCUT2D eigenvalue weighted by molar-refractivity contribution is 6.00. The molecular weight excluding hydrogens is 372 g/mol. The molecule has 156 valence electrons. The highest BCUT2D eigenvalue weighted by Gasteiger charge is 2.11. The summed E-state index contributed by atoms with van der Waals surface area (Å²) in [7, 11) is 0. The molecule has 0 heterocycles. The van der Waals surface area contributed by atoms with Crippen molar-refractivity contribution in [2.24, 2.45) is 5.92 Å². The standard InChI is InChI=1S/C26H30N2O2/c1-20(2)15-17-27-26(29)24-13-6-7-14-25(24)28-22-11-8-12-23(19-22)30-18-16-21-9-4-3-5-10-21/h3-14,19-20,28H,15-18H2,1-2H3,(H,27,29). The van der Waals surface area contributed by atoms with Crippen LogP contribution in [0.2, 0.25) is 0 Å². The summed E-state index contributed by atoms with van der Waals surface area (Å²) in [5.74, 6) is 1.30. The minimum Gasteiger partial charge on any atom is -0.493 e. The molecule has 4 heteroatoms. The van der Waals surface area contributed by atoms with Crippen LogP contribution in [0, 0.1) is 5.92 Å². The summed E-state index contributed by atoms with van der Waals surface area (Å²) in [4.78, 5) is 12.6. The van der Waals surface area contributed by atoms with Crippen LogP contribution in [0.1, 0.15) is 36.2 Å². The summed E-state index contributed by atoms with van der Waals surface area (Å²) in [6.45, 7) is 5.59. The summed E-state index contributed by atoms with van der Waals surface area (Å²) < 4.78 is 5.92. The van der Waals surface area contributed by atoms with Gasteiger partial charge in [-0.1, -0.05) is 62.4 Å². The van der Waals surface area contributed by atoms with E-state index in [0.717, 1.165) is 30.0 Å². The first-order valence-electron chi connectivity index (χ1n) is 10.5. The van der Waals surface area contributed by atoms with Gasteiger partial charge in [-0.25, -0.2) is 0 Å². The quantitative estimate of drug-likeness (QED) is 0.449. The van der Waals surface area contributed by atoms with Gasteiger partial charge in [0.1, 0.15) is 5.75 Å². The van der Waals surface area contributed by atoms with Crippen molar-refractivity contribution >= 4 is 17.3 Å². The van der Waals surface area contributed by atoms with Gasteiger partial charge < -0.3 is 15.4 Å². The summed E-state index contributed by atoms with van der Waals surface area (Å²) in [6.07, 6.45) is 1.82. The van der Waals surface area contributed by atoms with E-state index in [9.17, 15) is 4.79 Å². The Kier molecular flexibility index (Phi) is 7.90. The van der Waals surface area contributed by atoms with Crippen LogP contribution in [0.5, 0.6) is 5.75 Å². The van der Waals surface area contributed by atoms with E-state index in [4.69, 9.17) is 4.74 Å². The molecule has 0 aliphatic rings. The Balaban J connectivity index is 1.61. The number of rotatable bonds is 10. The SMILES string of the molecule is CC(C)CCNC(=O)c1ccccc1Nc1cccc(OCCc2ccccc2)c1. The molecule has 0 aliphatic carbocycles. The van der Waals surface area contributed by atoms with Crippen molar-refractivity contribution in [1.29, 1.82) is 0 Å². The van der Waals surface area contributed by atoms with Gasteiger partial charge in [0, 0.05) is 24.7 Å². The number of carbonyl (C=O) groups excluding carboxylic acids is 1. The van der Waals surface area contributed by atoms with Crippen molar-refractivity contribution in [3.63, 3.8) is 0 Å². The molecule has 3 aromatic carbocycles. The third-order valence-corrected chi connectivity index (χ3v) is 4.79. The lowest BCUT2D eigenvalue weighted by Crippen LogP contribution is -2.26. The molecule has 0 fully saturated rings. The minimum atomic E-state index is -0.0611. The third-order valence-electron chi connectivity index (χ3n) is 4.79. The fraction of sp³-hybridized carbons (Fsp3) is 0.269. The van der Waals surface area contributed by atoms with Crippen molar-refractivity contribution in [3.05, 3.63) is 90.0 Å². The van der Waals surface area contributed by atoms with Gasteiger partial charge >= 0.3 is 0 Å². The third kappa shape index (κ3) is 6.66. The van der Waals surface area contributed by atoms with E-state index in [1.807, 2.05) is 66.7 Å². The monoisotopic (exact) mass is 402 g/mol. The highest BCUT2D eigenvalue weighted by Crippen LogP contribution is 2.24. The normalized spacial score (nSPS) is 10.6. The number of hydrogen-bond donors (Lipinski definition) is 2. The second-order valence-corrected chi connectivity index (χ2v) is 7.72. The van der Waals surface area contributed by atoms with Gasteiger partial charge in [-0.3, -0.25) is 4.79 Å². The topological polar surface area (TPSA) is 50.4 Å². The molecule has 0 saturated carbocycles. The van der Waals surface area contributed by atoms with Crippen molar-refractivity contribution in [2.75, 3.05) is 18.5 Å². The van der Waals surface area contributed by atoms with Crippen LogP contribution < -0.4 is 15.4 Å². The number of benzene rings is 3. The van der Waals surface area contributed by atoms with Gasteiger partial charge in [-0.2, -0.15) is 0 Å². The average molecular weight is 403 g/mol. The summed E-state index contributed by atoms with van der Waals surface area (Å²) in [5, 5.41) is 6.37. The average Bonchev–Trinajstić information content (AvgIpc) is 2.75. The Morgan fingerprint density at radius 2 is 1.70 bits per heavy atom. The van der Waals surface area contributed by atoms with Crippen molar-refractivity contribution < 1.29 is 9.53 Å². The lowest BCUT2D eigenvalue weighted by molar-refractivity contribution is 0.0953. The number of ether oxygens (including phenoxy) is 1. The molecule has 4 nitrogen and oxygen atoms in total. The van der Waals surface area contributed by atoms with E-state index in [1.165, 1.54) is 5.56 Å². The van der Waals surface area contributed by atoms with Gasteiger partial charge in [0.05, 0.1) is 17.9 Å². The number of anilines is 2. The Morgan fingerprint density at radius 3 is 2.50 bits per heavy atom. The molecule has 3 aromatic rings. The fourth-order valence-electron chi connectivity index (χ4n) is 3.11. The molecular formula is C26H30N2O2. The largest absolute Gasteiger partial charge is 0.493 e. The molecule has 3 rings (SSSR count). The molecule has 1 amide bonds. The van der Waals surface area contributed by atoms with Crippen molar-refractivity contribution in [3.8, 4) is 5.75 Å². The van der Waals surface area contributed by atoms with E-state index < -0.39 is 0 Å². The van der Waals surface area contributed by atoms with E-state index in [1.54, 1.807) is 0 Å². The zero-order valence-electron chi connectivity index (χ0n) is 17.7. The van der Waals surface area contributed by atoms with Crippen LogP contribution in [0.25, 0.3) is 0 Å². The number of hydrogen-bond acceptors (Lipinski definition) is 3. The fourth-order valence-corrected chi connectivity index (χ4v) is 3.11. The smallest absolute Gasteiger partial charge is 0.253 e. The van der Waals surface area contributed by atoms with Gasteiger partial charge in [-0.05, 0) is 42.2 Å². The molecule has 0 spiro atoms. The summed E-state index contributed by atoms with van der Waals surface area (Å²) in [5.41, 5.74) is 3.55. The van der Waals surface area contributed by atoms with Gasteiger partial charge in [0.2, 0.25) is 0 Å². The number of amides is 1. The second kappa shape index (κ2) is 11.1. The van der Waals surface area contributed by atoms with Crippen LogP contribution in [0.3, 0.4) is 0 Å². The molecule has 0 unspecified atom stereocenters. The molecule has 0 aliphatic heterocycles. The maximum atomic E-state index is 12.6. The summed E-state index contributed by atoms with van der Waals surface area (Å²) >= 11 is 0. The molecule has 0 atom stereocenters. The molecule has 0 bridgehead atoms. The van der Waals surface area contributed by atoms with Crippen LogP contribution in [-0.4, -0.2) is 19.1 Å². The van der Waals surface area contributed by atoms with Crippen LogP contribution >= 0.6 is 0 Å². The first-order valence-corrected chi connectivity index (χ1v) is 10.5. The Morgan fingerprint density at radius 1 is 0.933 bits per heavy atom. The first kappa shape index (κ1) is 21.4. The zero-order chi connectivity index (χ0) is 21.2. The minimum absolute atomic E-state index is 0.0611. The number of carbonyl (C=O) groups is 1. The maximum Gasteiger partial charge on any atom is 0.253 e. The molecule has 0 saturated heterocycles. The van der Waals surface area contributed by atoms with E-state index in [0.29, 0.717) is 24.6 Å². The molecule has 0 aromatic heterocycles. The van der Waals surface area contributed by atoms with Crippen molar-refractivity contribution in [2.45, 2.75) is 26.7 Å². The predicted molar refractivity (Wildman–Crippen MR) is 124 cm³/mol. The van der Waals surface area contributed by atoms with Crippen molar-refractivity contribution in [1.82, 2.24) is 5.32 Å². The second-order valence-electron chi connectivity index (χ2n) is 7.72. The Hall–Kier alpha value is -3.27. The highest BCUT2D eigenvalue weighted by atomic mass is 16.5. The number of para-hydroxylation sites is 1. The number of nitrogens with one attached hydrogen (secondary N) is 2. The Labute approximate surface area is 179 Å². The summed E-state index contributed by atoms with van der Waals surface area (Å²) in [6, 6.07) is 25.7. The first-order chi connectivity index (χ1) is 14.6. The maximum absolute atomic E-state index is 12.6. The van der Waals surface area contributed by atoms with E-state index >= 15 is 0 Å². The van der Waals surface area contributed by atoms with E-state index in [-0.39, 0.29) is 5.91 Å². The van der Waals surface area contributed by atoms with Crippen LogP contribution in [0.4, 0.5) is 11.4 Å². The van der Waals surface area contributed by atoms with Gasteiger partial charge in [0.25, 0.3) is 5.91 Å². The van der Waals surface area contributed by atoms with Gasteiger partial charge in [-0.15, -0.1) is 0 Å². The molecule has 30 heavy (non-hydrogen) atoms. The predicted octanol–water partition coefficient (Wildman–Crippen LogP) is 5.83. The zero-order valence-corrected chi connectivity index (χ0v) is 17.7. The van der Waals surface area contributed by atoms with Gasteiger partial charge in [0.15, 0.2) is 0 Å². The van der Waals surface area contributed by atoms with Crippen LogP contribution in [-0.2, 0) is 6.42 Å². The lowest BCUT2D eigenvalue weighted by atomic mass is 10.1. The molecule has 2 N–H and O–H groups in total. The molecule has 0 radical (unpaired) electrons. The lowest BCUT2D eigenvalue weighted by Gasteiger charge is -2.14.